The fourth-order valence-electron chi connectivity index (χ4n) is 3.32. The van der Waals surface area contributed by atoms with Gasteiger partial charge in [-0.1, -0.05) is 25.5 Å². The predicted molar refractivity (Wildman–Crippen MR) is 56.6 cm³/mol. The zero-order valence-corrected chi connectivity index (χ0v) is 9.46. The van der Waals surface area contributed by atoms with Gasteiger partial charge in [0.25, 0.3) is 0 Å². The smallest absolute Gasteiger partial charge is 0.0308 e. The molecule has 1 fully saturated rings. The fourth-order valence-corrected chi connectivity index (χ4v) is 3.32. The van der Waals surface area contributed by atoms with E-state index in [0.717, 1.165) is 11.8 Å². The van der Waals surface area contributed by atoms with Crippen molar-refractivity contribution < 1.29 is 0 Å². The highest BCUT2D eigenvalue weighted by atomic mass is 15.1. The Hall–Kier alpha value is -0.300. The maximum absolute atomic E-state index is 2.48. The second-order valence-corrected chi connectivity index (χ2v) is 5.58. The average Bonchev–Trinajstić information content (AvgIpc) is 2.02. The van der Waals surface area contributed by atoms with Crippen LogP contribution in [0.4, 0.5) is 0 Å². The molecule has 2 bridgehead atoms. The first-order chi connectivity index (χ1) is 5.94. The molecule has 3 aliphatic rings. The van der Waals surface area contributed by atoms with E-state index in [9.17, 15) is 0 Å². The van der Waals surface area contributed by atoms with Crippen LogP contribution in [0.5, 0.6) is 0 Å². The van der Waals surface area contributed by atoms with Gasteiger partial charge in [-0.2, -0.15) is 0 Å². The van der Waals surface area contributed by atoms with Crippen LogP contribution in [0.25, 0.3) is 0 Å². The molecule has 0 aromatic heterocycles. The van der Waals surface area contributed by atoms with E-state index in [1.165, 1.54) is 6.42 Å². The number of allylic oxidation sites excluding steroid dienone is 1. The van der Waals surface area contributed by atoms with Gasteiger partial charge < -0.3 is 4.90 Å². The van der Waals surface area contributed by atoms with Crippen molar-refractivity contribution in [3.8, 4) is 0 Å². The van der Waals surface area contributed by atoms with Crippen LogP contribution < -0.4 is 0 Å². The monoisotopic (exact) mass is 179 g/mol. The van der Waals surface area contributed by atoms with Gasteiger partial charge in [0.05, 0.1) is 0 Å². The standard InChI is InChI=1S/C12H21N/c1-8-6-11(13(4)5)10-7-9(8)12(10,2)3/h6,9-11H,7H2,1-5H3/t9-,10+,11+/m1/s1. The van der Waals surface area contributed by atoms with Crippen molar-refractivity contribution in [1.82, 2.24) is 4.90 Å². The first-order valence-electron chi connectivity index (χ1n) is 5.29. The van der Waals surface area contributed by atoms with Gasteiger partial charge in [0.2, 0.25) is 0 Å². The molecule has 3 atom stereocenters. The summed E-state index contributed by atoms with van der Waals surface area (Å²) in [6.45, 7) is 7.16. The molecule has 0 unspecified atom stereocenters. The molecule has 0 saturated heterocycles. The molecule has 13 heavy (non-hydrogen) atoms. The summed E-state index contributed by atoms with van der Waals surface area (Å²) in [5, 5.41) is 0. The molecule has 0 radical (unpaired) electrons. The molecule has 0 aromatic carbocycles. The molecule has 0 spiro atoms. The summed E-state index contributed by atoms with van der Waals surface area (Å²) < 4.78 is 0. The van der Waals surface area contributed by atoms with Crippen molar-refractivity contribution in [3.05, 3.63) is 11.6 Å². The Kier molecular flexibility index (Phi) is 1.85. The Morgan fingerprint density at radius 1 is 1.38 bits per heavy atom. The van der Waals surface area contributed by atoms with Crippen LogP contribution in [0.3, 0.4) is 0 Å². The Labute approximate surface area is 81.8 Å². The Balaban J connectivity index is 2.30. The molecule has 1 heteroatoms. The number of hydrogen-bond donors (Lipinski definition) is 0. The first kappa shape index (κ1) is 9.26. The zero-order valence-electron chi connectivity index (χ0n) is 9.46. The summed E-state index contributed by atoms with van der Waals surface area (Å²) in [5.74, 6) is 1.75. The molecule has 1 nitrogen and oxygen atoms in total. The van der Waals surface area contributed by atoms with Crippen LogP contribution >= 0.6 is 0 Å². The van der Waals surface area contributed by atoms with Crippen LogP contribution in [0.15, 0.2) is 11.6 Å². The van der Waals surface area contributed by atoms with Gasteiger partial charge in [-0.15, -0.1) is 0 Å². The minimum Gasteiger partial charge on any atom is -0.303 e. The molecule has 3 rings (SSSR count). The Bertz CT molecular complexity index is 250. The number of rotatable bonds is 1. The first-order valence-corrected chi connectivity index (χ1v) is 5.29. The van der Waals surface area contributed by atoms with Gasteiger partial charge in [0, 0.05) is 6.04 Å². The predicted octanol–water partition coefficient (Wildman–Crippen LogP) is 2.54. The van der Waals surface area contributed by atoms with E-state index in [1.54, 1.807) is 5.57 Å². The summed E-state index contributed by atoms with van der Waals surface area (Å²) in [6.07, 6.45) is 3.89. The molecule has 0 aliphatic heterocycles. The number of hydrogen-bond acceptors (Lipinski definition) is 1. The molecular formula is C12H21N. The fraction of sp³-hybridized carbons (Fsp3) is 0.833. The summed E-state index contributed by atoms with van der Waals surface area (Å²) in [4.78, 5) is 2.37. The van der Waals surface area contributed by atoms with E-state index >= 15 is 0 Å². The Morgan fingerprint density at radius 2 is 2.00 bits per heavy atom. The molecule has 0 amide bonds. The molecule has 0 aromatic rings. The highest BCUT2D eigenvalue weighted by molar-refractivity contribution is 5.26. The summed E-state index contributed by atoms with van der Waals surface area (Å²) in [5.41, 5.74) is 2.17. The van der Waals surface area contributed by atoms with Gasteiger partial charge in [-0.25, -0.2) is 0 Å². The van der Waals surface area contributed by atoms with Crippen molar-refractivity contribution in [3.63, 3.8) is 0 Å². The lowest BCUT2D eigenvalue weighted by Gasteiger charge is -2.60. The number of nitrogens with zero attached hydrogens (tertiary/aromatic N) is 1. The lowest BCUT2D eigenvalue weighted by atomic mass is 9.47. The van der Waals surface area contributed by atoms with E-state index in [4.69, 9.17) is 0 Å². The molecule has 74 valence electrons. The van der Waals surface area contributed by atoms with Crippen molar-refractivity contribution >= 4 is 0 Å². The molecular weight excluding hydrogens is 158 g/mol. The maximum atomic E-state index is 2.48. The normalized spacial score (nSPS) is 41.4. The third kappa shape index (κ3) is 1.10. The van der Waals surface area contributed by atoms with E-state index in [1.807, 2.05) is 0 Å². The highest BCUT2D eigenvalue weighted by Crippen LogP contribution is 2.59. The lowest BCUT2D eigenvalue weighted by Crippen LogP contribution is -2.57. The minimum absolute atomic E-state index is 0.549. The van der Waals surface area contributed by atoms with Gasteiger partial charge in [0.1, 0.15) is 0 Å². The number of fused-ring (bicyclic) bond motifs is 1. The lowest BCUT2D eigenvalue weighted by molar-refractivity contribution is -0.0478. The van der Waals surface area contributed by atoms with Gasteiger partial charge in [-0.05, 0) is 44.7 Å². The van der Waals surface area contributed by atoms with E-state index < -0.39 is 0 Å². The van der Waals surface area contributed by atoms with Crippen molar-refractivity contribution in [2.24, 2.45) is 17.3 Å². The summed E-state index contributed by atoms with van der Waals surface area (Å²) >= 11 is 0. The van der Waals surface area contributed by atoms with Crippen molar-refractivity contribution in [2.45, 2.75) is 33.2 Å². The highest BCUT2D eigenvalue weighted by Gasteiger charge is 2.54. The second-order valence-electron chi connectivity index (χ2n) is 5.58. The third-order valence-corrected chi connectivity index (χ3v) is 4.34. The zero-order chi connectivity index (χ0) is 9.80. The number of likely N-dealkylation sites (N-methyl/N-ethyl adjacent to an activating group) is 1. The van der Waals surface area contributed by atoms with E-state index in [0.29, 0.717) is 11.5 Å². The van der Waals surface area contributed by atoms with Gasteiger partial charge >= 0.3 is 0 Å². The van der Waals surface area contributed by atoms with Gasteiger partial charge in [0.15, 0.2) is 0 Å². The Morgan fingerprint density at radius 3 is 2.38 bits per heavy atom. The van der Waals surface area contributed by atoms with Crippen LogP contribution in [0.1, 0.15) is 27.2 Å². The average molecular weight is 179 g/mol. The minimum atomic E-state index is 0.549. The summed E-state index contributed by atoms with van der Waals surface area (Å²) in [6, 6.07) is 0.681. The molecule has 1 saturated carbocycles. The SMILES string of the molecule is CC1=C[C@H](N(C)C)[C@@H]2C[C@H]1C2(C)C. The van der Waals surface area contributed by atoms with Gasteiger partial charge in [-0.3, -0.25) is 0 Å². The third-order valence-electron chi connectivity index (χ3n) is 4.34. The van der Waals surface area contributed by atoms with Crippen LogP contribution in [-0.4, -0.2) is 25.0 Å². The van der Waals surface area contributed by atoms with Crippen molar-refractivity contribution in [1.29, 1.82) is 0 Å². The van der Waals surface area contributed by atoms with Crippen LogP contribution in [-0.2, 0) is 0 Å². The van der Waals surface area contributed by atoms with Crippen molar-refractivity contribution in [2.75, 3.05) is 14.1 Å². The molecule has 3 aliphatic carbocycles. The largest absolute Gasteiger partial charge is 0.303 e. The van der Waals surface area contributed by atoms with E-state index in [-0.39, 0.29) is 0 Å². The van der Waals surface area contributed by atoms with Crippen LogP contribution in [0.2, 0.25) is 0 Å². The molecule has 0 N–H and O–H groups in total. The quantitative estimate of drug-likeness (QED) is 0.559. The molecule has 0 heterocycles. The van der Waals surface area contributed by atoms with E-state index in [2.05, 4.69) is 45.8 Å². The van der Waals surface area contributed by atoms with Crippen LogP contribution in [0, 0.1) is 17.3 Å². The summed E-state index contributed by atoms with van der Waals surface area (Å²) in [7, 11) is 4.40. The topological polar surface area (TPSA) is 3.24 Å². The second kappa shape index (κ2) is 2.60. The maximum Gasteiger partial charge on any atom is 0.0308 e.